The normalized spacial score (nSPS) is 17.8. The van der Waals surface area contributed by atoms with Gasteiger partial charge in [0.1, 0.15) is 12.3 Å². The number of ether oxygens (including phenoxy) is 1. The molecule has 1 atom stereocenters. The number of hydrogen-bond donors (Lipinski definition) is 1. The molecule has 0 bridgehead atoms. The minimum atomic E-state index is -0.213. The zero-order valence-electron chi connectivity index (χ0n) is 13.7. The van der Waals surface area contributed by atoms with E-state index in [1.807, 2.05) is 30.3 Å². The Hall–Kier alpha value is -2.67. The highest BCUT2D eigenvalue weighted by molar-refractivity contribution is 5.93. The molecule has 1 aliphatic heterocycles. The molecule has 24 heavy (non-hydrogen) atoms. The summed E-state index contributed by atoms with van der Waals surface area (Å²) in [6, 6.07) is 11.5. The highest BCUT2D eigenvalue weighted by atomic mass is 16.5. The lowest BCUT2D eigenvalue weighted by atomic mass is 10.1. The minimum absolute atomic E-state index is 0.0447. The van der Waals surface area contributed by atoms with Crippen LogP contribution in [0.4, 0.5) is 0 Å². The predicted molar refractivity (Wildman–Crippen MR) is 88.4 cm³/mol. The van der Waals surface area contributed by atoms with Crippen molar-refractivity contribution in [2.24, 2.45) is 7.05 Å². The highest BCUT2D eigenvalue weighted by Crippen LogP contribution is 2.18. The molecular formula is C17H20N4O3. The molecule has 0 radical (unpaired) electrons. The molecule has 0 unspecified atom stereocenters. The summed E-state index contributed by atoms with van der Waals surface area (Å²) in [4.78, 5) is 25.4. The van der Waals surface area contributed by atoms with Crippen LogP contribution in [0.1, 0.15) is 10.5 Å². The van der Waals surface area contributed by atoms with E-state index in [-0.39, 0.29) is 24.5 Å². The number of amides is 2. The number of carbonyl (C=O) groups excluding carboxylic acids is 2. The van der Waals surface area contributed by atoms with Gasteiger partial charge in [-0.2, -0.15) is 5.10 Å². The Labute approximate surface area is 140 Å². The fraction of sp³-hybridized carbons (Fsp3) is 0.353. The Morgan fingerprint density at radius 1 is 1.33 bits per heavy atom. The third-order valence-electron chi connectivity index (χ3n) is 4.02. The van der Waals surface area contributed by atoms with Gasteiger partial charge in [0, 0.05) is 32.7 Å². The smallest absolute Gasteiger partial charge is 0.269 e. The molecule has 1 N–H and O–H groups in total. The summed E-state index contributed by atoms with van der Waals surface area (Å²) < 4.78 is 6.99. The number of carbonyl (C=O) groups is 2. The van der Waals surface area contributed by atoms with E-state index in [4.69, 9.17) is 4.74 Å². The molecule has 2 heterocycles. The third kappa shape index (κ3) is 3.46. The maximum absolute atomic E-state index is 12.4. The summed E-state index contributed by atoms with van der Waals surface area (Å²) >= 11 is 0. The summed E-state index contributed by atoms with van der Waals surface area (Å²) in [5.74, 6) is -0.257. The van der Waals surface area contributed by atoms with Gasteiger partial charge in [0.2, 0.25) is 5.91 Å². The van der Waals surface area contributed by atoms with Crippen LogP contribution in [0, 0.1) is 0 Å². The average molecular weight is 328 g/mol. The molecule has 1 aromatic carbocycles. The Morgan fingerprint density at radius 2 is 2.08 bits per heavy atom. The fourth-order valence-corrected chi connectivity index (χ4v) is 2.61. The number of aryl methyl sites for hydroxylation is 1. The molecule has 7 nitrogen and oxygen atoms in total. The minimum Gasteiger partial charge on any atom is -0.365 e. The third-order valence-corrected chi connectivity index (χ3v) is 4.02. The highest BCUT2D eigenvalue weighted by Gasteiger charge is 2.24. The lowest BCUT2D eigenvalue weighted by molar-refractivity contribution is -0.146. The number of nitrogens with one attached hydrogen (secondary N) is 1. The molecule has 2 aromatic rings. The summed E-state index contributed by atoms with van der Waals surface area (Å²) in [6.07, 6.45) is -0.196. The molecule has 1 aromatic heterocycles. The number of benzene rings is 1. The van der Waals surface area contributed by atoms with E-state index >= 15 is 0 Å². The van der Waals surface area contributed by atoms with Gasteiger partial charge in [0.25, 0.3) is 5.91 Å². The van der Waals surface area contributed by atoms with Crippen LogP contribution >= 0.6 is 0 Å². The van der Waals surface area contributed by atoms with E-state index < -0.39 is 0 Å². The molecule has 7 heteroatoms. The van der Waals surface area contributed by atoms with Gasteiger partial charge in [-0.3, -0.25) is 14.3 Å². The van der Waals surface area contributed by atoms with Crippen LogP contribution in [0.2, 0.25) is 0 Å². The van der Waals surface area contributed by atoms with Gasteiger partial charge in [0.15, 0.2) is 0 Å². The summed E-state index contributed by atoms with van der Waals surface area (Å²) in [6.45, 7) is 0.878. The molecule has 1 saturated heterocycles. The van der Waals surface area contributed by atoms with E-state index in [1.165, 1.54) is 0 Å². The standard InChI is InChI=1S/C17H20N4O3/c1-20-10-13(24-11-16(20)22)9-18-17(23)15-8-14(19-21(15)2)12-6-4-3-5-7-12/h3-8,13H,9-11H2,1-2H3,(H,18,23)/t13-/m1/s1. The topological polar surface area (TPSA) is 76.5 Å². The number of rotatable bonds is 4. The van der Waals surface area contributed by atoms with Gasteiger partial charge in [-0.1, -0.05) is 30.3 Å². The molecule has 0 spiro atoms. The van der Waals surface area contributed by atoms with Crippen molar-refractivity contribution in [3.05, 3.63) is 42.1 Å². The molecule has 1 fully saturated rings. The molecular weight excluding hydrogens is 308 g/mol. The first-order valence-corrected chi connectivity index (χ1v) is 7.78. The van der Waals surface area contributed by atoms with Crippen LogP contribution < -0.4 is 5.32 Å². The van der Waals surface area contributed by atoms with Crippen LogP contribution in [-0.4, -0.2) is 59.3 Å². The lowest BCUT2D eigenvalue weighted by Crippen LogP contribution is -2.48. The summed E-state index contributed by atoms with van der Waals surface area (Å²) in [7, 11) is 3.47. The van der Waals surface area contributed by atoms with E-state index in [0.29, 0.717) is 18.8 Å². The number of likely N-dealkylation sites (N-methyl/N-ethyl adjacent to an activating group) is 1. The van der Waals surface area contributed by atoms with E-state index in [2.05, 4.69) is 10.4 Å². The summed E-state index contributed by atoms with van der Waals surface area (Å²) in [5, 5.41) is 7.24. The van der Waals surface area contributed by atoms with E-state index in [0.717, 1.165) is 11.3 Å². The Kier molecular flexibility index (Phi) is 4.61. The monoisotopic (exact) mass is 328 g/mol. The Bertz CT molecular complexity index is 742. The van der Waals surface area contributed by atoms with Crippen LogP contribution in [0.5, 0.6) is 0 Å². The Balaban J connectivity index is 1.63. The quantitative estimate of drug-likeness (QED) is 0.895. The number of nitrogens with zero attached hydrogens (tertiary/aromatic N) is 3. The maximum Gasteiger partial charge on any atom is 0.269 e. The van der Waals surface area contributed by atoms with Gasteiger partial charge in [-0.05, 0) is 6.07 Å². The van der Waals surface area contributed by atoms with Crippen LogP contribution in [-0.2, 0) is 16.6 Å². The van der Waals surface area contributed by atoms with Gasteiger partial charge >= 0.3 is 0 Å². The van der Waals surface area contributed by atoms with Crippen molar-refractivity contribution in [1.82, 2.24) is 20.0 Å². The van der Waals surface area contributed by atoms with Gasteiger partial charge < -0.3 is 15.0 Å². The van der Waals surface area contributed by atoms with Crippen molar-refractivity contribution < 1.29 is 14.3 Å². The number of hydrogen-bond acceptors (Lipinski definition) is 4. The van der Waals surface area contributed by atoms with Crippen LogP contribution in [0.25, 0.3) is 11.3 Å². The first kappa shape index (κ1) is 16.2. The predicted octanol–water partition coefficient (Wildman–Crippen LogP) is 0.674. The van der Waals surface area contributed by atoms with E-state index in [1.54, 1.807) is 29.7 Å². The van der Waals surface area contributed by atoms with Crippen molar-refractivity contribution in [3.8, 4) is 11.3 Å². The number of aromatic nitrogens is 2. The molecule has 3 rings (SSSR count). The zero-order valence-corrected chi connectivity index (χ0v) is 13.7. The van der Waals surface area contributed by atoms with Crippen LogP contribution in [0.3, 0.4) is 0 Å². The van der Waals surface area contributed by atoms with Crippen molar-refractivity contribution >= 4 is 11.8 Å². The molecule has 2 amide bonds. The van der Waals surface area contributed by atoms with Gasteiger partial charge in [-0.15, -0.1) is 0 Å². The fourth-order valence-electron chi connectivity index (χ4n) is 2.61. The second-order valence-corrected chi connectivity index (χ2v) is 5.82. The molecule has 126 valence electrons. The van der Waals surface area contributed by atoms with Crippen LogP contribution in [0.15, 0.2) is 36.4 Å². The lowest BCUT2D eigenvalue weighted by Gasteiger charge is -2.29. The zero-order chi connectivity index (χ0) is 17.1. The van der Waals surface area contributed by atoms with Crippen molar-refractivity contribution in [3.63, 3.8) is 0 Å². The SMILES string of the molecule is CN1C[C@@H](CNC(=O)c2cc(-c3ccccc3)nn2C)OCC1=O. The van der Waals surface area contributed by atoms with E-state index in [9.17, 15) is 9.59 Å². The van der Waals surface area contributed by atoms with Crippen molar-refractivity contribution in [2.75, 3.05) is 26.7 Å². The number of morpholine rings is 1. The molecule has 0 saturated carbocycles. The second kappa shape index (κ2) is 6.84. The van der Waals surface area contributed by atoms with Gasteiger partial charge in [-0.25, -0.2) is 0 Å². The largest absolute Gasteiger partial charge is 0.365 e. The second-order valence-electron chi connectivity index (χ2n) is 5.82. The van der Waals surface area contributed by atoms with Crippen molar-refractivity contribution in [1.29, 1.82) is 0 Å². The Morgan fingerprint density at radius 3 is 2.79 bits per heavy atom. The first-order valence-electron chi connectivity index (χ1n) is 7.78. The summed E-state index contributed by atoms with van der Waals surface area (Å²) in [5.41, 5.74) is 2.19. The first-order chi connectivity index (χ1) is 11.5. The molecule has 1 aliphatic rings. The van der Waals surface area contributed by atoms with Gasteiger partial charge in [0.05, 0.1) is 11.8 Å². The van der Waals surface area contributed by atoms with Crippen molar-refractivity contribution in [2.45, 2.75) is 6.10 Å². The maximum atomic E-state index is 12.4. The molecule has 0 aliphatic carbocycles. The average Bonchev–Trinajstić information content (AvgIpc) is 2.98.